The third-order valence-electron chi connectivity index (χ3n) is 3.75. The number of halogens is 2. The minimum absolute atomic E-state index is 0.00468. The first-order valence-corrected chi connectivity index (χ1v) is 7.44. The minimum Gasteiger partial charge on any atom is -0.381 e. The predicted molar refractivity (Wildman–Crippen MR) is 80.7 cm³/mol. The van der Waals surface area contributed by atoms with Crippen molar-refractivity contribution >= 4 is 11.6 Å². The minimum atomic E-state index is -0.234. The van der Waals surface area contributed by atoms with Gasteiger partial charge in [-0.1, -0.05) is 11.6 Å². The molecule has 0 aromatic heterocycles. The Labute approximate surface area is 125 Å². The average molecular weight is 300 g/mol. The van der Waals surface area contributed by atoms with Crippen molar-refractivity contribution in [3.63, 3.8) is 0 Å². The molecule has 1 atom stereocenters. The third kappa shape index (κ3) is 4.18. The van der Waals surface area contributed by atoms with Crippen molar-refractivity contribution in [1.82, 2.24) is 5.32 Å². The summed E-state index contributed by atoms with van der Waals surface area (Å²) in [6.45, 7) is 8.74. The van der Waals surface area contributed by atoms with Crippen LogP contribution in [0, 0.1) is 11.2 Å². The van der Waals surface area contributed by atoms with Crippen LogP contribution < -0.4 is 5.32 Å². The summed E-state index contributed by atoms with van der Waals surface area (Å²) in [4.78, 5) is 0. The molecule has 1 aromatic carbocycles. The van der Waals surface area contributed by atoms with E-state index in [0.29, 0.717) is 11.6 Å². The van der Waals surface area contributed by atoms with Gasteiger partial charge >= 0.3 is 0 Å². The molecule has 1 aliphatic heterocycles. The van der Waals surface area contributed by atoms with Crippen molar-refractivity contribution in [2.45, 2.75) is 39.2 Å². The Kier molecular flexibility index (Phi) is 4.73. The second kappa shape index (κ2) is 6.00. The highest BCUT2D eigenvalue weighted by Gasteiger charge is 2.36. The van der Waals surface area contributed by atoms with E-state index >= 15 is 0 Å². The summed E-state index contributed by atoms with van der Waals surface area (Å²) >= 11 is 6.20. The van der Waals surface area contributed by atoms with Gasteiger partial charge in [-0.15, -0.1) is 0 Å². The zero-order valence-electron chi connectivity index (χ0n) is 12.4. The Hall–Kier alpha value is -0.640. The molecule has 0 spiro atoms. The molecular formula is C16H23ClFNO. The van der Waals surface area contributed by atoms with E-state index in [1.165, 1.54) is 6.07 Å². The molecule has 20 heavy (non-hydrogen) atoms. The van der Waals surface area contributed by atoms with Crippen LogP contribution in [-0.2, 0) is 11.2 Å². The molecule has 1 heterocycles. The van der Waals surface area contributed by atoms with Gasteiger partial charge in [0.2, 0.25) is 0 Å². The van der Waals surface area contributed by atoms with Crippen molar-refractivity contribution < 1.29 is 9.13 Å². The molecule has 1 unspecified atom stereocenters. The second-order valence-electron chi connectivity index (χ2n) is 6.82. The van der Waals surface area contributed by atoms with E-state index in [1.54, 1.807) is 12.1 Å². The fraction of sp³-hybridized carbons (Fsp3) is 0.625. The quantitative estimate of drug-likeness (QED) is 0.912. The predicted octanol–water partition coefficient (Wildman–Crippen LogP) is 3.82. The Balaban J connectivity index is 2.14. The van der Waals surface area contributed by atoms with Crippen LogP contribution in [0.5, 0.6) is 0 Å². The number of benzene rings is 1. The van der Waals surface area contributed by atoms with Gasteiger partial charge in [0.1, 0.15) is 5.82 Å². The van der Waals surface area contributed by atoms with E-state index in [9.17, 15) is 4.39 Å². The average Bonchev–Trinajstić information content (AvgIpc) is 2.80. The first kappa shape index (κ1) is 15.7. The topological polar surface area (TPSA) is 21.3 Å². The lowest BCUT2D eigenvalue weighted by atomic mass is 9.80. The van der Waals surface area contributed by atoms with Gasteiger partial charge in [-0.3, -0.25) is 0 Å². The Morgan fingerprint density at radius 2 is 2.15 bits per heavy atom. The van der Waals surface area contributed by atoms with E-state index in [-0.39, 0.29) is 16.8 Å². The van der Waals surface area contributed by atoms with Gasteiger partial charge in [-0.25, -0.2) is 4.39 Å². The summed E-state index contributed by atoms with van der Waals surface area (Å²) in [5, 5.41) is 4.17. The summed E-state index contributed by atoms with van der Waals surface area (Å²) in [7, 11) is 0. The lowest BCUT2D eigenvalue weighted by molar-refractivity contribution is 0.144. The SMILES string of the molecule is CC(C)(C)NCC1(Cc2cc(F)ccc2Cl)CCOC1. The Morgan fingerprint density at radius 1 is 1.40 bits per heavy atom. The normalized spacial score (nSPS) is 23.2. The van der Waals surface area contributed by atoms with Crippen LogP contribution in [0.15, 0.2) is 18.2 Å². The maximum atomic E-state index is 13.4. The van der Waals surface area contributed by atoms with Crippen molar-refractivity contribution in [2.24, 2.45) is 5.41 Å². The first-order valence-electron chi connectivity index (χ1n) is 7.06. The molecule has 0 amide bonds. The molecule has 112 valence electrons. The summed E-state index contributed by atoms with van der Waals surface area (Å²) in [6, 6.07) is 4.57. The zero-order chi connectivity index (χ0) is 14.8. The fourth-order valence-corrected chi connectivity index (χ4v) is 2.71. The van der Waals surface area contributed by atoms with Crippen molar-refractivity contribution in [1.29, 1.82) is 0 Å². The summed E-state index contributed by atoms with van der Waals surface area (Å²) in [6.07, 6.45) is 1.72. The monoisotopic (exact) mass is 299 g/mol. The third-order valence-corrected chi connectivity index (χ3v) is 4.12. The standard InChI is InChI=1S/C16H23ClFNO/c1-15(2,3)19-10-16(6-7-20-11-16)9-12-8-13(18)4-5-14(12)17/h4-5,8,19H,6-7,9-11H2,1-3H3. The van der Waals surface area contributed by atoms with E-state index in [2.05, 4.69) is 26.1 Å². The Morgan fingerprint density at radius 3 is 2.75 bits per heavy atom. The molecule has 0 aliphatic carbocycles. The molecule has 1 aliphatic rings. The second-order valence-corrected chi connectivity index (χ2v) is 7.23. The van der Waals surface area contributed by atoms with Crippen LogP contribution in [0.1, 0.15) is 32.8 Å². The summed E-state index contributed by atoms with van der Waals surface area (Å²) in [5.41, 5.74) is 0.930. The van der Waals surface area contributed by atoms with E-state index in [1.807, 2.05) is 0 Å². The molecule has 1 saturated heterocycles. The lowest BCUT2D eigenvalue weighted by Gasteiger charge is -2.32. The van der Waals surface area contributed by atoms with Crippen LogP contribution in [0.25, 0.3) is 0 Å². The van der Waals surface area contributed by atoms with E-state index in [0.717, 1.165) is 31.6 Å². The fourth-order valence-electron chi connectivity index (χ4n) is 2.53. The number of rotatable bonds is 4. The van der Waals surface area contributed by atoms with Gasteiger partial charge in [0.15, 0.2) is 0 Å². The maximum Gasteiger partial charge on any atom is 0.123 e. The highest BCUT2D eigenvalue weighted by molar-refractivity contribution is 6.31. The van der Waals surface area contributed by atoms with E-state index in [4.69, 9.17) is 16.3 Å². The molecule has 1 fully saturated rings. The smallest absolute Gasteiger partial charge is 0.123 e. The lowest BCUT2D eigenvalue weighted by Crippen LogP contribution is -2.45. The van der Waals surface area contributed by atoms with Crippen LogP contribution in [0.2, 0.25) is 5.02 Å². The van der Waals surface area contributed by atoms with Gasteiger partial charge in [-0.2, -0.15) is 0 Å². The number of hydrogen-bond acceptors (Lipinski definition) is 2. The van der Waals surface area contributed by atoms with Gasteiger partial charge in [0, 0.05) is 29.1 Å². The van der Waals surface area contributed by atoms with E-state index < -0.39 is 0 Å². The van der Waals surface area contributed by atoms with Crippen LogP contribution in [-0.4, -0.2) is 25.3 Å². The zero-order valence-corrected chi connectivity index (χ0v) is 13.2. The van der Waals surface area contributed by atoms with Crippen LogP contribution >= 0.6 is 11.6 Å². The Bertz CT molecular complexity index is 464. The largest absolute Gasteiger partial charge is 0.381 e. The van der Waals surface area contributed by atoms with Crippen molar-refractivity contribution in [3.05, 3.63) is 34.6 Å². The van der Waals surface area contributed by atoms with Gasteiger partial charge in [-0.05, 0) is 57.4 Å². The first-order chi connectivity index (χ1) is 9.30. The molecule has 0 bridgehead atoms. The molecule has 4 heteroatoms. The number of nitrogens with one attached hydrogen (secondary N) is 1. The van der Waals surface area contributed by atoms with Gasteiger partial charge in [0.05, 0.1) is 6.61 Å². The molecule has 1 aromatic rings. The highest BCUT2D eigenvalue weighted by atomic mass is 35.5. The summed E-state index contributed by atoms with van der Waals surface area (Å²) < 4.78 is 19.0. The van der Waals surface area contributed by atoms with Gasteiger partial charge in [0.25, 0.3) is 0 Å². The molecular weight excluding hydrogens is 277 g/mol. The molecule has 2 rings (SSSR count). The highest BCUT2D eigenvalue weighted by Crippen LogP contribution is 2.35. The molecule has 2 nitrogen and oxygen atoms in total. The maximum absolute atomic E-state index is 13.4. The van der Waals surface area contributed by atoms with Crippen LogP contribution in [0.4, 0.5) is 4.39 Å². The number of hydrogen-bond donors (Lipinski definition) is 1. The van der Waals surface area contributed by atoms with Crippen molar-refractivity contribution in [2.75, 3.05) is 19.8 Å². The molecule has 0 radical (unpaired) electrons. The van der Waals surface area contributed by atoms with Gasteiger partial charge < -0.3 is 10.1 Å². The molecule has 0 saturated carbocycles. The van der Waals surface area contributed by atoms with Crippen LogP contribution in [0.3, 0.4) is 0 Å². The summed E-state index contributed by atoms with van der Waals surface area (Å²) in [5.74, 6) is -0.234. The molecule has 1 N–H and O–H groups in total. The van der Waals surface area contributed by atoms with Crippen molar-refractivity contribution in [3.8, 4) is 0 Å². The number of ether oxygens (including phenoxy) is 1.